The number of sulfone groups is 1. The average molecular weight is 289 g/mol. The minimum Gasteiger partial charge on any atom is -0.399 e. The molecule has 3 N–H and O–H groups in total. The lowest BCUT2D eigenvalue weighted by Gasteiger charge is -2.11. The second-order valence-corrected chi connectivity index (χ2v) is 6.96. The molecule has 1 aromatic rings. The second-order valence-electron chi connectivity index (χ2n) is 4.33. The van der Waals surface area contributed by atoms with Crippen molar-refractivity contribution in [2.75, 3.05) is 22.6 Å². The van der Waals surface area contributed by atoms with Crippen LogP contribution in [0, 0.1) is 5.92 Å². The molecule has 1 fully saturated rings. The molecule has 98 valence electrons. The third kappa shape index (κ3) is 2.94. The summed E-state index contributed by atoms with van der Waals surface area (Å²) in [4.78, 5) is 11.9. The SMILES string of the molecule is Nc1ccc(NC(=O)C2CCS(=O)(=O)C2)c(Cl)c1. The van der Waals surface area contributed by atoms with Crippen molar-refractivity contribution in [3.05, 3.63) is 23.2 Å². The summed E-state index contributed by atoms with van der Waals surface area (Å²) in [6, 6.07) is 4.74. The Balaban J connectivity index is 2.08. The van der Waals surface area contributed by atoms with Crippen LogP contribution in [0.2, 0.25) is 5.02 Å². The van der Waals surface area contributed by atoms with E-state index in [1.54, 1.807) is 12.1 Å². The van der Waals surface area contributed by atoms with Gasteiger partial charge in [0.1, 0.15) is 0 Å². The second kappa shape index (κ2) is 4.78. The lowest BCUT2D eigenvalue weighted by Crippen LogP contribution is -2.23. The molecule has 1 saturated heterocycles. The van der Waals surface area contributed by atoms with Gasteiger partial charge in [-0.3, -0.25) is 4.79 Å². The number of carbonyl (C=O) groups is 1. The molecule has 1 atom stereocenters. The van der Waals surface area contributed by atoms with Gasteiger partial charge in [-0.1, -0.05) is 11.6 Å². The van der Waals surface area contributed by atoms with Gasteiger partial charge in [0.05, 0.1) is 28.1 Å². The summed E-state index contributed by atoms with van der Waals surface area (Å²) in [7, 11) is -3.06. The molecular formula is C11H13ClN2O3S. The highest BCUT2D eigenvalue weighted by Gasteiger charge is 2.33. The molecule has 1 amide bonds. The number of benzene rings is 1. The van der Waals surface area contributed by atoms with Crippen LogP contribution in [0.25, 0.3) is 0 Å². The molecule has 5 nitrogen and oxygen atoms in total. The van der Waals surface area contributed by atoms with E-state index < -0.39 is 15.8 Å². The zero-order chi connectivity index (χ0) is 13.3. The van der Waals surface area contributed by atoms with Crippen LogP contribution < -0.4 is 11.1 Å². The van der Waals surface area contributed by atoms with Crippen LogP contribution in [0.1, 0.15) is 6.42 Å². The van der Waals surface area contributed by atoms with Gasteiger partial charge >= 0.3 is 0 Å². The standard InChI is InChI=1S/C11H13ClN2O3S/c12-9-5-8(13)1-2-10(9)14-11(15)7-3-4-18(16,17)6-7/h1-2,5,7H,3-4,6,13H2,(H,14,15). The van der Waals surface area contributed by atoms with Gasteiger partial charge in [0.15, 0.2) is 9.84 Å². The zero-order valence-electron chi connectivity index (χ0n) is 9.52. The van der Waals surface area contributed by atoms with E-state index in [0.717, 1.165) is 0 Å². The normalized spacial score (nSPS) is 21.7. The molecule has 1 unspecified atom stereocenters. The van der Waals surface area contributed by atoms with E-state index in [-0.39, 0.29) is 17.4 Å². The number of nitrogens with two attached hydrogens (primary N) is 1. The van der Waals surface area contributed by atoms with Crippen molar-refractivity contribution in [1.82, 2.24) is 0 Å². The Hall–Kier alpha value is -1.27. The third-order valence-electron chi connectivity index (χ3n) is 2.85. The fourth-order valence-corrected chi connectivity index (χ4v) is 3.85. The molecule has 2 rings (SSSR count). The third-order valence-corrected chi connectivity index (χ3v) is 4.93. The van der Waals surface area contributed by atoms with E-state index in [0.29, 0.717) is 22.8 Å². The number of carbonyl (C=O) groups excluding carboxylic acids is 1. The molecule has 0 saturated carbocycles. The van der Waals surface area contributed by atoms with E-state index in [2.05, 4.69) is 5.32 Å². The van der Waals surface area contributed by atoms with Gasteiger partial charge in [-0.15, -0.1) is 0 Å². The molecule has 7 heteroatoms. The first-order valence-electron chi connectivity index (χ1n) is 5.44. The first-order valence-corrected chi connectivity index (χ1v) is 7.64. The van der Waals surface area contributed by atoms with Crippen LogP contribution in [0.5, 0.6) is 0 Å². The van der Waals surface area contributed by atoms with Crippen LogP contribution in [0.4, 0.5) is 11.4 Å². The minimum atomic E-state index is -3.06. The van der Waals surface area contributed by atoms with Crippen molar-refractivity contribution in [3.8, 4) is 0 Å². The summed E-state index contributed by atoms with van der Waals surface area (Å²) >= 11 is 5.92. The lowest BCUT2D eigenvalue weighted by atomic mass is 10.1. The van der Waals surface area contributed by atoms with E-state index in [9.17, 15) is 13.2 Å². The summed E-state index contributed by atoms with van der Waals surface area (Å²) < 4.78 is 22.6. The Morgan fingerprint density at radius 3 is 2.72 bits per heavy atom. The van der Waals surface area contributed by atoms with Crippen LogP contribution in [0.15, 0.2) is 18.2 Å². The van der Waals surface area contributed by atoms with Crippen LogP contribution in [0.3, 0.4) is 0 Å². The maximum Gasteiger partial charge on any atom is 0.228 e. The fraction of sp³-hybridized carbons (Fsp3) is 0.364. The Labute approximate surface area is 110 Å². The van der Waals surface area contributed by atoms with Crippen molar-refractivity contribution >= 4 is 38.7 Å². The summed E-state index contributed by atoms with van der Waals surface area (Å²) in [6.45, 7) is 0. The van der Waals surface area contributed by atoms with Gasteiger partial charge in [0, 0.05) is 5.69 Å². The zero-order valence-corrected chi connectivity index (χ0v) is 11.1. The number of nitrogens with one attached hydrogen (secondary N) is 1. The summed E-state index contributed by atoms with van der Waals surface area (Å²) in [5, 5.41) is 2.96. The van der Waals surface area contributed by atoms with Crippen molar-refractivity contribution < 1.29 is 13.2 Å². The maximum absolute atomic E-state index is 11.9. The quantitative estimate of drug-likeness (QED) is 0.803. The van der Waals surface area contributed by atoms with Gasteiger partial charge < -0.3 is 11.1 Å². The van der Waals surface area contributed by atoms with E-state index in [4.69, 9.17) is 17.3 Å². The Kier molecular flexibility index (Phi) is 3.49. The average Bonchev–Trinajstić information content (AvgIpc) is 2.63. The molecule has 0 spiro atoms. The maximum atomic E-state index is 11.9. The highest BCUT2D eigenvalue weighted by atomic mass is 35.5. The molecular weight excluding hydrogens is 276 g/mol. The highest BCUT2D eigenvalue weighted by molar-refractivity contribution is 7.91. The molecule has 1 heterocycles. The predicted octanol–water partition coefficient (Wildman–Crippen LogP) is 1.30. The number of anilines is 2. The van der Waals surface area contributed by atoms with E-state index in [1.165, 1.54) is 6.07 Å². The van der Waals surface area contributed by atoms with Gasteiger partial charge in [0.25, 0.3) is 0 Å². The molecule has 0 aromatic heterocycles. The summed E-state index contributed by atoms with van der Waals surface area (Å²) in [6.07, 6.45) is 0.362. The van der Waals surface area contributed by atoms with E-state index in [1.807, 2.05) is 0 Å². The fourth-order valence-electron chi connectivity index (χ4n) is 1.87. The number of hydrogen-bond donors (Lipinski definition) is 2. The molecule has 0 bridgehead atoms. The van der Waals surface area contributed by atoms with Crippen LogP contribution in [-0.4, -0.2) is 25.8 Å². The number of rotatable bonds is 2. The van der Waals surface area contributed by atoms with Crippen LogP contribution >= 0.6 is 11.6 Å². The number of halogens is 1. The van der Waals surface area contributed by atoms with E-state index >= 15 is 0 Å². The highest BCUT2D eigenvalue weighted by Crippen LogP contribution is 2.26. The topological polar surface area (TPSA) is 89.3 Å². The monoisotopic (exact) mass is 288 g/mol. The molecule has 1 aliphatic heterocycles. The smallest absolute Gasteiger partial charge is 0.228 e. The number of hydrogen-bond acceptors (Lipinski definition) is 4. The first-order chi connectivity index (χ1) is 8.37. The van der Waals surface area contributed by atoms with Gasteiger partial charge in [0.2, 0.25) is 5.91 Å². The van der Waals surface area contributed by atoms with Gasteiger partial charge in [-0.2, -0.15) is 0 Å². The molecule has 1 aliphatic rings. The Morgan fingerprint density at radius 1 is 1.44 bits per heavy atom. The van der Waals surface area contributed by atoms with Crippen molar-refractivity contribution in [1.29, 1.82) is 0 Å². The summed E-state index contributed by atoms with van der Waals surface area (Å²) in [5.74, 6) is -0.835. The van der Waals surface area contributed by atoms with Crippen molar-refractivity contribution in [3.63, 3.8) is 0 Å². The largest absolute Gasteiger partial charge is 0.399 e. The van der Waals surface area contributed by atoms with Gasteiger partial charge in [-0.25, -0.2) is 8.42 Å². The first kappa shape index (κ1) is 13.2. The molecule has 0 aliphatic carbocycles. The molecule has 1 aromatic carbocycles. The number of nitrogen functional groups attached to an aromatic ring is 1. The lowest BCUT2D eigenvalue weighted by molar-refractivity contribution is -0.119. The van der Waals surface area contributed by atoms with Gasteiger partial charge in [-0.05, 0) is 24.6 Å². The Bertz CT molecular complexity index is 586. The molecule has 18 heavy (non-hydrogen) atoms. The van der Waals surface area contributed by atoms with Crippen molar-refractivity contribution in [2.45, 2.75) is 6.42 Å². The Morgan fingerprint density at radius 2 is 2.17 bits per heavy atom. The number of amides is 1. The predicted molar refractivity (Wildman–Crippen MR) is 71.3 cm³/mol. The summed E-state index contributed by atoms with van der Waals surface area (Å²) in [5.41, 5.74) is 6.49. The van der Waals surface area contributed by atoms with Crippen LogP contribution in [-0.2, 0) is 14.6 Å². The molecule has 0 radical (unpaired) electrons. The minimum absolute atomic E-state index is 0.0700. The van der Waals surface area contributed by atoms with Crippen molar-refractivity contribution in [2.24, 2.45) is 5.92 Å².